The zero-order valence-electron chi connectivity index (χ0n) is 13.5. The predicted octanol–water partition coefficient (Wildman–Crippen LogP) is 2.37. The van der Waals surface area contributed by atoms with E-state index in [-0.39, 0.29) is 0 Å². The van der Waals surface area contributed by atoms with Crippen molar-refractivity contribution in [3.63, 3.8) is 0 Å². The number of fused-ring (bicyclic) bond motifs is 1. The van der Waals surface area contributed by atoms with Crippen molar-refractivity contribution in [2.24, 2.45) is 0 Å². The lowest BCUT2D eigenvalue weighted by atomic mass is 10.2. The van der Waals surface area contributed by atoms with Crippen molar-refractivity contribution in [1.29, 1.82) is 0 Å². The van der Waals surface area contributed by atoms with Crippen LogP contribution >= 0.6 is 0 Å². The van der Waals surface area contributed by atoms with Crippen LogP contribution in [-0.4, -0.2) is 38.4 Å². The molecule has 2 N–H and O–H groups in total. The standard InChI is InChI=1S/C16H22N6O/c1-3-12-9-14-16(19-11-18-14)20-15(12)17-10-13-5-7-22(21-13)6-4-8-23-2/h5,7,9,11H,3-4,6,8,10H2,1-2H3,(H2,17,18,19,20). The third-order valence-corrected chi connectivity index (χ3v) is 3.74. The number of imidazole rings is 1. The third kappa shape index (κ3) is 3.68. The SMILES string of the molecule is CCc1cc2[nH]cnc2nc1NCc1ccn(CCCOC)n1. The lowest BCUT2D eigenvalue weighted by Gasteiger charge is -2.08. The molecule has 0 fully saturated rings. The number of ether oxygens (including phenoxy) is 1. The summed E-state index contributed by atoms with van der Waals surface area (Å²) in [5.74, 6) is 0.876. The molecule has 122 valence electrons. The van der Waals surface area contributed by atoms with E-state index in [1.807, 2.05) is 16.9 Å². The van der Waals surface area contributed by atoms with Gasteiger partial charge >= 0.3 is 0 Å². The van der Waals surface area contributed by atoms with Crippen LogP contribution in [0, 0.1) is 0 Å². The van der Waals surface area contributed by atoms with Crippen LogP contribution in [0.15, 0.2) is 24.7 Å². The van der Waals surface area contributed by atoms with Gasteiger partial charge < -0.3 is 15.0 Å². The molecule has 0 bridgehead atoms. The number of rotatable bonds is 8. The molecule has 0 aromatic carbocycles. The topological polar surface area (TPSA) is 80.7 Å². The van der Waals surface area contributed by atoms with Gasteiger partial charge in [-0.1, -0.05) is 6.92 Å². The Kier molecular flexibility index (Phi) is 4.87. The highest BCUT2D eigenvalue weighted by molar-refractivity contribution is 5.74. The van der Waals surface area contributed by atoms with E-state index in [0.29, 0.717) is 6.54 Å². The van der Waals surface area contributed by atoms with E-state index in [1.54, 1.807) is 13.4 Å². The number of nitrogens with zero attached hydrogens (tertiary/aromatic N) is 4. The minimum absolute atomic E-state index is 0.646. The van der Waals surface area contributed by atoms with Gasteiger partial charge in [-0.3, -0.25) is 4.68 Å². The molecular weight excluding hydrogens is 292 g/mol. The number of aryl methyl sites for hydroxylation is 2. The highest BCUT2D eigenvalue weighted by atomic mass is 16.5. The first-order chi connectivity index (χ1) is 11.3. The van der Waals surface area contributed by atoms with E-state index in [4.69, 9.17) is 4.74 Å². The molecule has 0 aliphatic carbocycles. The number of H-pyrrole nitrogens is 1. The number of aromatic nitrogens is 5. The zero-order chi connectivity index (χ0) is 16.1. The van der Waals surface area contributed by atoms with Gasteiger partial charge in [0, 0.05) is 26.5 Å². The number of hydrogen-bond donors (Lipinski definition) is 2. The smallest absolute Gasteiger partial charge is 0.179 e. The molecule has 0 saturated heterocycles. The monoisotopic (exact) mass is 314 g/mol. The number of nitrogens with one attached hydrogen (secondary N) is 2. The third-order valence-electron chi connectivity index (χ3n) is 3.74. The summed E-state index contributed by atoms with van der Waals surface area (Å²) in [5.41, 5.74) is 3.86. The van der Waals surface area contributed by atoms with Crippen LogP contribution < -0.4 is 5.32 Å². The zero-order valence-corrected chi connectivity index (χ0v) is 13.5. The number of aromatic amines is 1. The molecule has 0 saturated carbocycles. The molecule has 3 aromatic heterocycles. The molecule has 0 radical (unpaired) electrons. The fraction of sp³-hybridized carbons (Fsp3) is 0.438. The number of anilines is 1. The normalized spacial score (nSPS) is 11.2. The van der Waals surface area contributed by atoms with Crippen LogP contribution in [0.2, 0.25) is 0 Å². The summed E-state index contributed by atoms with van der Waals surface area (Å²) in [5, 5.41) is 7.93. The molecule has 0 atom stereocenters. The van der Waals surface area contributed by atoms with Crippen LogP contribution in [-0.2, 0) is 24.2 Å². The first kappa shape index (κ1) is 15.5. The molecule has 3 aromatic rings. The summed E-state index contributed by atoms with van der Waals surface area (Å²) in [6.45, 7) is 4.38. The summed E-state index contributed by atoms with van der Waals surface area (Å²) in [6, 6.07) is 4.12. The predicted molar refractivity (Wildman–Crippen MR) is 89.3 cm³/mol. The molecule has 3 rings (SSSR count). The number of methoxy groups -OCH3 is 1. The van der Waals surface area contributed by atoms with Gasteiger partial charge in [-0.2, -0.15) is 5.10 Å². The Balaban J connectivity index is 1.65. The van der Waals surface area contributed by atoms with Gasteiger partial charge in [-0.05, 0) is 30.5 Å². The van der Waals surface area contributed by atoms with E-state index in [2.05, 4.69) is 38.4 Å². The number of pyridine rings is 1. The first-order valence-electron chi connectivity index (χ1n) is 7.88. The van der Waals surface area contributed by atoms with E-state index >= 15 is 0 Å². The molecule has 0 aliphatic heterocycles. The Labute approximate surface area is 135 Å². The summed E-state index contributed by atoms with van der Waals surface area (Å²) in [4.78, 5) is 11.9. The average molecular weight is 314 g/mol. The lowest BCUT2D eigenvalue weighted by Crippen LogP contribution is -2.07. The van der Waals surface area contributed by atoms with Crippen LogP contribution in [0.25, 0.3) is 11.2 Å². The summed E-state index contributed by atoms with van der Waals surface area (Å²) >= 11 is 0. The van der Waals surface area contributed by atoms with Crippen molar-refractivity contribution in [3.05, 3.63) is 35.9 Å². The van der Waals surface area contributed by atoms with Gasteiger partial charge in [0.2, 0.25) is 0 Å². The van der Waals surface area contributed by atoms with Gasteiger partial charge in [-0.15, -0.1) is 0 Å². The fourth-order valence-corrected chi connectivity index (χ4v) is 2.50. The molecule has 3 heterocycles. The van der Waals surface area contributed by atoms with E-state index in [0.717, 1.165) is 48.7 Å². The van der Waals surface area contributed by atoms with Crippen molar-refractivity contribution < 1.29 is 4.74 Å². The van der Waals surface area contributed by atoms with Crippen molar-refractivity contribution in [2.45, 2.75) is 32.9 Å². The van der Waals surface area contributed by atoms with Crippen molar-refractivity contribution in [3.8, 4) is 0 Å². The van der Waals surface area contributed by atoms with Gasteiger partial charge in [0.05, 0.1) is 24.1 Å². The van der Waals surface area contributed by atoms with E-state index in [9.17, 15) is 0 Å². The van der Waals surface area contributed by atoms with Gasteiger partial charge in [0.25, 0.3) is 0 Å². The summed E-state index contributed by atoms with van der Waals surface area (Å²) in [7, 11) is 1.72. The first-order valence-corrected chi connectivity index (χ1v) is 7.88. The summed E-state index contributed by atoms with van der Waals surface area (Å²) < 4.78 is 7.01. The van der Waals surface area contributed by atoms with E-state index in [1.165, 1.54) is 5.56 Å². The van der Waals surface area contributed by atoms with Gasteiger partial charge in [0.1, 0.15) is 5.82 Å². The molecule has 7 nitrogen and oxygen atoms in total. The second-order valence-corrected chi connectivity index (χ2v) is 5.39. The minimum Gasteiger partial charge on any atom is -0.385 e. The highest BCUT2D eigenvalue weighted by Gasteiger charge is 2.08. The average Bonchev–Trinajstić information content (AvgIpc) is 3.20. The Hall–Kier alpha value is -2.41. The minimum atomic E-state index is 0.646. The molecule has 0 aliphatic rings. The highest BCUT2D eigenvalue weighted by Crippen LogP contribution is 2.19. The van der Waals surface area contributed by atoms with Gasteiger partial charge in [-0.25, -0.2) is 9.97 Å². The molecule has 0 amide bonds. The Morgan fingerprint density at radius 1 is 1.39 bits per heavy atom. The summed E-state index contributed by atoms with van der Waals surface area (Å²) in [6.07, 6.45) is 5.54. The lowest BCUT2D eigenvalue weighted by molar-refractivity contribution is 0.189. The van der Waals surface area contributed by atoms with Crippen LogP contribution in [0.1, 0.15) is 24.6 Å². The Bertz CT molecular complexity index is 763. The second-order valence-electron chi connectivity index (χ2n) is 5.39. The van der Waals surface area contributed by atoms with Crippen LogP contribution in [0.3, 0.4) is 0 Å². The van der Waals surface area contributed by atoms with E-state index < -0.39 is 0 Å². The second kappa shape index (κ2) is 7.23. The van der Waals surface area contributed by atoms with Crippen molar-refractivity contribution >= 4 is 17.0 Å². The maximum atomic E-state index is 5.06. The Morgan fingerprint density at radius 2 is 2.30 bits per heavy atom. The maximum absolute atomic E-state index is 5.06. The largest absolute Gasteiger partial charge is 0.385 e. The van der Waals surface area contributed by atoms with Crippen LogP contribution in [0.4, 0.5) is 5.82 Å². The molecule has 7 heteroatoms. The molecule has 0 unspecified atom stereocenters. The Morgan fingerprint density at radius 3 is 3.13 bits per heavy atom. The maximum Gasteiger partial charge on any atom is 0.179 e. The quantitative estimate of drug-likeness (QED) is 0.624. The number of hydrogen-bond acceptors (Lipinski definition) is 5. The van der Waals surface area contributed by atoms with Crippen molar-refractivity contribution in [2.75, 3.05) is 19.0 Å². The molecular formula is C16H22N6O. The van der Waals surface area contributed by atoms with Gasteiger partial charge in [0.15, 0.2) is 5.65 Å². The van der Waals surface area contributed by atoms with Crippen molar-refractivity contribution in [1.82, 2.24) is 24.7 Å². The molecule has 23 heavy (non-hydrogen) atoms. The molecule has 0 spiro atoms. The fourth-order valence-electron chi connectivity index (χ4n) is 2.50. The van der Waals surface area contributed by atoms with Crippen LogP contribution in [0.5, 0.6) is 0 Å².